The first-order chi connectivity index (χ1) is 5.14. The predicted octanol–water partition coefficient (Wildman–Crippen LogP) is 1.55. The number of hydrogen-bond donors (Lipinski definition) is 1. The van der Waals surface area contributed by atoms with Crippen molar-refractivity contribution in [1.29, 1.82) is 0 Å². The van der Waals surface area contributed by atoms with E-state index in [0.29, 0.717) is 6.04 Å². The van der Waals surface area contributed by atoms with Crippen LogP contribution in [0.1, 0.15) is 33.6 Å². The zero-order chi connectivity index (χ0) is 8.32. The summed E-state index contributed by atoms with van der Waals surface area (Å²) < 4.78 is 5.66. The van der Waals surface area contributed by atoms with Gasteiger partial charge in [0, 0.05) is 19.2 Å². The van der Waals surface area contributed by atoms with Gasteiger partial charge in [0.2, 0.25) is 0 Å². The lowest BCUT2D eigenvalue weighted by molar-refractivity contribution is -0.00386. The van der Waals surface area contributed by atoms with E-state index in [9.17, 15) is 0 Å². The molecule has 1 aliphatic heterocycles. The molecule has 0 bridgehead atoms. The molecule has 11 heavy (non-hydrogen) atoms. The molecule has 0 aliphatic carbocycles. The molecule has 1 atom stereocenters. The van der Waals surface area contributed by atoms with Gasteiger partial charge in [-0.25, -0.2) is 0 Å². The van der Waals surface area contributed by atoms with Crippen LogP contribution in [0.3, 0.4) is 0 Å². The quantitative estimate of drug-likeness (QED) is 0.623. The largest absolute Gasteiger partial charge is 0.374 e. The van der Waals surface area contributed by atoms with Crippen molar-refractivity contribution >= 4 is 0 Å². The summed E-state index contributed by atoms with van der Waals surface area (Å²) in [4.78, 5) is 0. The molecule has 0 saturated carbocycles. The minimum absolute atomic E-state index is 0.0317. The molecule has 2 nitrogen and oxygen atoms in total. The van der Waals surface area contributed by atoms with Crippen molar-refractivity contribution in [1.82, 2.24) is 5.32 Å². The lowest BCUT2D eigenvalue weighted by Gasteiger charge is -2.22. The summed E-state index contributed by atoms with van der Waals surface area (Å²) in [6.07, 6.45) is 2.36. The topological polar surface area (TPSA) is 21.3 Å². The maximum Gasteiger partial charge on any atom is 0.0750 e. The highest BCUT2D eigenvalue weighted by Gasteiger charge is 2.23. The van der Waals surface area contributed by atoms with Crippen molar-refractivity contribution in [3.8, 4) is 0 Å². The van der Waals surface area contributed by atoms with E-state index in [1.165, 1.54) is 6.42 Å². The van der Waals surface area contributed by atoms with Crippen molar-refractivity contribution in [2.24, 2.45) is 0 Å². The van der Waals surface area contributed by atoms with Gasteiger partial charge in [0.1, 0.15) is 0 Å². The van der Waals surface area contributed by atoms with E-state index >= 15 is 0 Å². The Morgan fingerprint density at radius 2 is 2.27 bits per heavy atom. The Labute approximate surface area is 69.3 Å². The van der Waals surface area contributed by atoms with Crippen molar-refractivity contribution in [3.63, 3.8) is 0 Å². The zero-order valence-electron chi connectivity index (χ0n) is 7.81. The molecule has 0 aromatic rings. The molecule has 1 unspecified atom stereocenters. The molecule has 66 valence electrons. The van der Waals surface area contributed by atoms with Crippen LogP contribution in [0.5, 0.6) is 0 Å². The van der Waals surface area contributed by atoms with Crippen LogP contribution >= 0.6 is 0 Å². The van der Waals surface area contributed by atoms with E-state index in [-0.39, 0.29) is 5.60 Å². The van der Waals surface area contributed by atoms with E-state index in [4.69, 9.17) is 4.74 Å². The van der Waals surface area contributed by atoms with Crippen LogP contribution in [0.4, 0.5) is 0 Å². The molecule has 1 N–H and O–H groups in total. The minimum Gasteiger partial charge on any atom is -0.374 e. The number of rotatable bonds is 1. The number of ether oxygens (including phenoxy) is 1. The van der Waals surface area contributed by atoms with Gasteiger partial charge in [-0.3, -0.25) is 0 Å². The normalized spacial score (nSPS) is 31.4. The first-order valence-electron chi connectivity index (χ1n) is 4.51. The Morgan fingerprint density at radius 3 is 2.91 bits per heavy atom. The molecule has 0 aromatic heterocycles. The summed E-state index contributed by atoms with van der Waals surface area (Å²) in [5.74, 6) is 0. The third-order valence-corrected chi connectivity index (χ3v) is 2.27. The first kappa shape index (κ1) is 9.01. The Kier molecular flexibility index (Phi) is 2.90. The molecule has 0 aromatic carbocycles. The van der Waals surface area contributed by atoms with E-state index in [1.54, 1.807) is 0 Å². The number of nitrogens with one attached hydrogen (secondary N) is 1. The number of hydrogen-bond acceptors (Lipinski definition) is 2. The van der Waals surface area contributed by atoms with E-state index < -0.39 is 0 Å². The van der Waals surface area contributed by atoms with Gasteiger partial charge >= 0.3 is 0 Å². The van der Waals surface area contributed by atoms with Crippen LogP contribution < -0.4 is 5.32 Å². The first-order valence-corrected chi connectivity index (χ1v) is 4.51. The molecule has 1 fully saturated rings. The predicted molar refractivity (Wildman–Crippen MR) is 46.7 cm³/mol. The van der Waals surface area contributed by atoms with Crippen LogP contribution in [0.2, 0.25) is 0 Å². The van der Waals surface area contributed by atoms with E-state index in [1.807, 2.05) is 0 Å². The second-order valence-electron chi connectivity index (χ2n) is 3.88. The Balaban J connectivity index is 2.39. The van der Waals surface area contributed by atoms with Gasteiger partial charge in [-0.2, -0.15) is 0 Å². The fourth-order valence-corrected chi connectivity index (χ4v) is 1.37. The van der Waals surface area contributed by atoms with Crippen LogP contribution in [0.25, 0.3) is 0 Å². The van der Waals surface area contributed by atoms with Gasteiger partial charge in [-0.05, 0) is 26.7 Å². The van der Waals surface area contributed by atoms with Crippen molar-refractivity contribution in [2.75, 3.05) is 13.2 Å². The van der Waals surface area contributed by atoms with Crippen LogP contribution in [-0.4, -0.2) is 24.8 Å². The summed E-state index contributed by atoms with van der Waals surface area (Å²) in [5, 5.41) is 3.50. The Hall–Kier alpha value is -0.0800. The van der Waals surface area contributed by atoms with Crippen LogP contribution in [0.15, 0.2) is 0 Å². The third-order valence-electron chi connectivity index (χ3n) is 2.27. The molecule has 1 rings (SSSR count). The van der Waals surface area contributed by atoms with Crippen molar-refractivity contribution in [2.45, 2.75) is 45.3 Å². The van der Waals surface area contributed by atoms with Gasteiger partial charge < -0.3 is 10.1 Å². The van der Waals surface area contributed by atoms with Crippen LogP contribution in [-0.2, 0) is 4.74 Å². The summed E-state index contributed by atoms with van der Waals surface area (Å²) in [7, 11) is 0. The highest BCUT2D eigenvalue weighted by molar-refractivity contribution is 4.79. The molecule has 2 heteroatoms. The highest BCUT2D eigenvalue weighted by Crippen LogP contribution is 2.14. The van der Waals surface area contributed by atoms with E-state index in [0.717, 1.165) is 19.6 Å². The molecule has 0 radical (unpaired) electrons. The van der Waals surface area contributed by atoms with Crippen LogP contribution in [0, 0.1) is 0 Å². The lowest BCUT2D eigenvalue weighted by atomic mass is 10.1. The SMILES string of the molecule is CCC1CCOC(C)(C)CN1. The zero-order valence-corrected chi connectivity index (χ0v) is 7.81. The monoisotopic (exact) mass is 157 g/mol. The molecular weight excluding hydrogens is 138 g/mol. The second-order valence-corrected chi connectivity index (χ2v) is 3.88. The van der Waals surface area contributed by atoms with Gasteiger partial charge in [0.05, 0.1) is 5.60 Å². The summed E-state index contributed by atoms with van der Waals surface area (Å²) in [6.45, 7) is 8.37. The van der Waals surface area contributed by atoms with Gasteiger partial charge in [0.25, 0.3) is 0 Å². The summed E-state index contributed by atoms with van der Waals surface area (Å²) in [5.41, 5.74) is 0.0317. The fraction of sp³-hybridized carbons (Fsp3) is 1.00. The Bertz CT molecular complexity index is 123. The summed E-state index contributed by atoms with van der Waals surface area (Å²) >= 11 is 0. The maximum absolute atomic E-state index is 5.66. The summed E-state index contributed by atoms with van der Waals surface area (Å²) in [6, 6.07) is 0.664. The average molecular weight is 157 g/mol. The average Bonchev–Trinajstić information content (AvgIpc) is 2.10. The third kappa shape index (κ3) is 2.80. The minimum atomic E-state index is 0.0317. The molecule has 1 aliphatic rings. The molecular formula is C9H19NO. The smallest absolute Gasteiger partial charge is 0.0750 e. The maximum atomic E-state index is 5.66. The lowest BCUT2D eigenvalue weighted by Crippen LogP contribution is -2.38. The molecule has 0 spiro atoms. The molecule has 1 heterocycles. The van der Waals surface area contributed by atoms with Gasteiger partial charge in [-0.15, -0.1) is 0 Å². The highest BCUT2D eigenvalue weighted by atomic mass is 16.5. The second kappa shape index (κ2) is 3.55. The van der Waals surface area contributed by atoms with Crippen molar-refractivity contribution in [3.05, 3.63) is 0 Å². The van der Waals surface area contributed by atoms with E-state index in [2.05, 4.69) is 26.1 Å². The van der Waals surface area contributed by atoms with Gasteiger partial charge in [0.15, 0.2) is 0 Å². The Morgan fingerprint density at radius 1 is 1.55 bits per heavy atom. The standard InChI is InChI=1S/C9H19NO/c1-4-8-5-6-11-9(2,3)7-10-8/h8,10H,4-7H2,1-3H3. The molecule has 0 amide bonds. The van der Waals surface area contributed by atoms with Crippen molar-refractivity contribution < 1.29 is 4.74 Å². The fourth-order valence-electron chi connectivity index (χ4n) is 1.37. The van der Waals surface area contributed by atoms with Gasteiger partial charge in [-0.1, -0.05) is 6.92 Å². The molecule has 1 saturated heterocycles.